The van der Waals surface area contributed by atoms with Crippen molar-refractivity contribution in [3.05, 3.63) is 12.3 Å². The van der Waals surface area contributed by atoms with Crippen LogP contribution < -0.4 is 0 Å². The summed E-state index contributed by atoms with van der Waals surface area (Å²) in [4.78, 5) is 5.15. The van der Waals surface area contributed by atoms with Gasteiger partial charge in [-0.2, -0.15) is 0 Å². The zero-order chi connectivity index (χ0) is 5.82. The van der Waals surface area contributed by atoms with Gasteiger partial charge in [-0.05, 0) is 0 Å². The fraction of sp³-hybridized carbons (Fsp3) is 0.600. The van der Waals surface area contributed by atoms with Gasteiger partial charge >= 0.3 is 64.3 Å². The van der Waals surface area contributed by atoms with E-state index in [1.807, 2.05) is 3.05 Å². The SMILES string of the molecule is [InH2][N]1CCCC=CO1. The fourth-order valence-corrected chi connectivity index (χ4v) is 1.95. The first-order valence-corrected chi connectivity index (χ1v) is 5.48. The van der Waals surface area contributed by atoms with Crippen molar-refractivity contribution in [3.63, 3.8) is 0 Å². The Bertz CT molecular complexity index is 94.4. The third-order valence-corrected chi connectivity index (χ3v) is 3.06. The predicted octanol–water partition coefficient (Wildman–Crippen LogP) is 0.0756. The standard InChI is InChI=1S/C5H8NO.In.2H/c1-2-4-6-7-5-3-1;;;/h3,5H,1-2,4H2;;;/q-1;+1;;. The van der Waals surface area contributed by atoms with Crippen LogP contribution in [-0.2, 0) is 4.84 Å². The molecule has 0 aromatic rings. The number of hydroxylamine groups is 1. The van der Waals surface area contributed by atoms with Crippen LogP contribution in [0.5, 0.6) is 0 Å². The van der Waals surface area contributed by atoms with Crippen LogP contribution in [0, 0.1) is 0 Å². The van der Waals surface area contributed by atoms with Crippen LogP contribution in [-0.4, -0.2) is 34.3 Å². The van der Waals surface area contributed by atoms with E-state index in [4.69, 9.17) is 4.84 Å². The molecule has 0 radical (unpaired) electrons. The van der Waals surface area contributed by atoms with Crippen LogP contribution in [0.3, 0.4) is 0 Å². The molecule has 0 amide bonds. The van der Waals surface area contributed by atoms with Crippen molar-refractivity contribution >= 4 is 24.7 Å². The number of hydrogen-bond donors (Lipinski definition) is 0. The van der Waals surface area contributed by atoms with E-state index in [0.29, 0.717) is 24.7 Å². The van der Waals surface area contributed by atoms with Gasteiger partial charge in [0.15, 0.2) is 0 Å². The van der Waals surface area contributed by atoms with Gasteiger partial charge in [0.25, 0.3) is 0 Å². The molecule has 0 spiro atoms. The molecule has 0 fully saturated rings. The summed E-state index contributed by atoms with van der Waals surface area (Å²) in [7, 11) is 0. The molecule has 0 aromatic heterocycles. The number of allylic oxidation sites excluding steroid dienone is 1. The van der Waals surface area contributed by atoms with E-state index in [1.165, 1.54) is 12.8 Å². The molecule has 0 saturated heterocycles. The van der Waals surface area contributed by atoms with Gasteiger partial charge in [0.1, 0.15) is 0 Å². The van der Waals surface area contributed by atoms with Crippen LogP contribution in [0.15, 0.2) is 12.3 Å². The first-order valence-electron chi connectivity index (χ1n) is 2.92. The molecule has 0 saturated carbocycles. The van der Waals surface area contributed by atoms with Gasteiger partial charge in [-0.1, -0.05) is 0 Å². The summed E-state index contributed by atoms with van der Waals surface area (Å²) in [6.07, 6.45) is 6.30. The van der Waals surface area contributed by atoms with Gasteiger partial charge < -0.3 is 0 Å². The van der Waals surface area contributed by atoms with Crippen molar-refractivity contribution in [3.8, 4) is 0 Å². The molecule has 0 bridgehead atoms. The predicted molar refractivity (Wildman–Crippen MR) is 34.7 cm³/mol. The second-order valence-corrected chi connectivity index (χ2v) is 4.82. The van der Waals surface area contributed by atoms with E-state index in [1.54, 1.807) is 6.26 Å². The summed E-state index contributed by atoms with van der Waals surface area (Å²) in [5.41, 5.74) is 0. The Hall–Kier alpha value is 0.370. The number of nitrogens with zero attached hydrogens (tertiary/aromatic N) is 1. The minimum atomic E-state index is 0.531. The van der Waals surface area contributed by atoms with Gasteiger partial charge in [0, 0.05) is 0 Å². The summed E-state index contributed by atoms with van der Waals surface area (Å²) in [5.74, 6) is 0. The maximum absolute atomic E-state index is 5.15. The van der Waals surface area contributed by atoms with Crippen molar-refractivity contribution in [2.24, 2.45) is 0 Å². The number of rotatable bonds is 0. The quantitative estimate of drug-likeness (QED) is 0.567. The molecule has 44 valence electrons. The monoisotopic (exact) mass is 215 g/mol. The summed E-state index contributed by atoms with van der Waals surface area (Å²) in [6.45, 7) is 1.13. The van der Waals surface area contributed by atoms with Crippen molar-refractivity contribution in [1.29, 1.82) is 0 Å². The van der Waals surface area contributed by atoms with Crippen LogP contribution in [0.2, 0.25) is 0 Å². The van der Waals surface area contributed by atoms with Gasteiger partial charge in [-0.15, -0.1) is 0 Å². The Morgan fingerprint density at radius 2 is 2.50 bits per heavy atom. The zero-order valence-electron chi connectivity index (χ0n) is 5.13. The van der Waals surface area contributed by atoms with Crippen LogP contribution in [0.4, 0.5) is 0 Å². The Kier molecular flexibility index (Phi) is 2.76. The normalized spacial score (nSPS) is 22.0. The summed E-state index contributed by atoms with van der Waals surface area (Å²) in [6, 6.07) is 0. The number of hydrogen-bond acceptors (Lipinski definition) is 2. The third-order valence-electron chi connectivity index (χ3n) is 1.18. The molecular weight excluding hydrogens is 205 g/mol. The first-order chi connectivity index (χ1) is 3.89. The molecule has 0 aromatic carbocycles. The van der Waals surface area contributed by atoms with Crippen molar-refractivity contribution in [2.75, 3.05) is 6.54 Å². The van der Waals surface area contributed by atoms with Crippen molar-refractivity contribution < 1.29 is 4.84 Å². The summed E-state index contributed by atoms with van der Waals surface area (Å²) < 4.78 is 2.05. The van der Waals surface area contributed by atoms with Gasteiger partial charge in [-0.3, -0.25) is 0 Å². The van der Waals surface area contributed by atoms with E-state index in [0.717, 1.165) is 6.54 Å². The van der Waals surface area contributed by atoms with Gasteiger partial charge in [0.05, 0.1) is 0 Å². The molecule has 1 aliphatic rings. The molecule has 0 unspecified atom stereocenters. The molecule has 3 heteroatoms. The molecule has 1 aliphatic heterocycles. The zero-order valence-corrected chi connectivity index (χ0v) is 10.8. The van der Waals surface area contributed by atoms with E-state index in [-0.39, 0.29) is 0 Å². The van der Waals surface area contributed by atoms with Crippen molar-refractivity contribution in [2.45, 2.75) is 12.8 Å². The Morgan fingerprint density at radius 3 is 3.38 bits per heavy atom. The van der Waals surface area contributed by atoms with Crippen LogP contribution in [0.25, 0.3) is 0 Å². The Labute approximate surface area is 64.4 Å². The van der Waals surface area contributed by atoms with Crippen LogP contribution >= 0.6 is 0 Å². The van der Waals surface area contributed by atoms with Crippen molar-refractivity contribution in [1.82, 2.24) is 3.05 Å². The van der Waals surface area contributed by atoms with E-state index < -0.39 is 0 Å². The minimum absolute atomic E-state index is 0.531. The Balaban J connectivity index is 2.30. The maximum atomic E-state index is 5.15. The molecule has 1 rings (SSSR count). The van der Waals surface area contributed by atoms with Gasteiger partial charge in [-0.25, -0.2) is 0 Å². The first kappa shape index (κ1) is 6.49. The second kappa shape index (κ2) is 3.41. The van der Waals surface area contributed by atoms with E-state index in [9.17, 15) is 0 Å². The van der Waals surface area contributed by atoms with Gasteiger partial charge in [0.2, 0.25) is 0 Å². The average Bonchev–Trinajstić information content (AvgIpc) is 1.94. The average molecular weight is 215 g/mol. The molecule has 1 heterocycles. The fourth-order valence-electron chi connectivity index (χ4n) is 0.699. The molecule has 8 heavy (non-hydrogen) atoms. The third kappa shape index (κ3) is 2.09. The molecule has 0 atom stereocenters. The molecule has 0 aliphatic carbocycles. The Morgan fingerprint density at radius 1 is 1.62 bits per heavy atom. The topological polar surface area (TPSA) is 12.5 Å². The summed E-state index contributed by atoms with van der Waals surface area (Å²) >= 11 is 0.531. The summed E-state index contributed by atoms with van der Waals surface area (Å²) in [5, 5.41) is 0. The van der Waals surface area contributed by atoms with E-state index >= 15 is 0 Å². The molecule has 2 nitrogen and oxygen atoms in total. The van der Waals surface area contributed by atoms with Crippen LogP contribution in [0.1, 0.15) is 12.8 Å². The second-order valence-electron chi connectivity index (χ2n) is 1.97. The molecular formula is C5H10InNO. The molecule has 0 N–H and O–H groups in total. The van der Waals surface area contributed by atoms with E-state index in [2.05, 4.69) is 6.08 Å².